The third kappa shape index (κ3) is 2.44. The molecular weight excluding hydrogens is 229 g/mol. The van der Waals surface area contributed by atoms with Crippen LogP contribution in [0.2, 0.25) is 0 Å². The molecule has 0 amide bonds. The van der Waals surface area contributed by atoms with Gasteiger partial charge in [0, 0.05) is 4.90 Å². The second-order valence-corrected chi connectivity index (χ2v) is 3.53. The van der Waals surface area contributed by atoms with Crippen molar-refractivity contribution < 1.29 is 23.1 Å². The highest BCUT2D eigenvalue weighted by Gasteiger charge is 2.37. The number of hydrogen-bond donors (Lipinski definition) is 1. The average molecular weight is 236 g/mol. The molecule has 1 N–H and O–H groups in total. The Balaban J connectivity index is 3.47. The molecular formula is C9H7F3O2S. The summed E-state index contributed by atoms with van der Waals surface area (Å²) < 4.78 is 37.7. The molecule has 0 aliphatic heterocycles. The second-order valence-electron chi connectivity index (χ2n) is 2.69. The first-order valence-electron chi connectivity index (χ1n) is 3.85. The highest BCUT2D eigenvalue weighted by molar-refractivity contribution is 7.98. The molecule has 0 saturated heterocycles. The Kier molecular flexibility index (Phi) is 3.28. The van der Waals surface area contributed by atoms with Crippen molar-refractivity contribution in [3.8, 4) is 0 Å². The molecule has 0 spiro atoms. The summed E-state index contributed by atoms with van der Waals surface area (Å²) in [5.74, 6) is -1.57. The molecule has 0 aromatic heterocycles. The van der Waals surface area contributed by atoms with Crippen molar-refractivity contribution >= 4 is 17.7 Å². The Bertz CT molecular complexity index is 387. The maximum absolute atomic E-state index is 12.6. The molecule has 6 heteroatoms. The lowest BCUT2D eigenvalue weighted by Gasteiger charge is -2.13. The molecule has 2 nitrogen and oxygen atoms in total. The van der Waals surface area contributed by atoms with E-state index in [-0.39, 0.29) is 4.90 Å². The highest BCUT2D eigenvalue weighted by atomic mass is 32.2. The van der Waals surface area contributed by atoms with Gasteiger partial charge in [0.15, 0.2) is 0 Å². The molecule has 1 rings (SSSR count). The maximum Gasteiger partial charge on any atom is 0.418 e. The monoisotopic (exact) mass is 236 g/mol. The average Bonchev–Trinajstić information content (AvgIpc) is 2.15. The lowest BCUT2D eigenvalue weighted by Crippen LogP contribution is -2.14. The minimum atomic E-state index is -4.65. The fourth-order valence-corrected chi connectivity index (χ4v) is 1.82. The van der Waals surface area contributed by atoms with Crippen molar-refractivity contribution in [1.82, 2.24) is 0 Å². The minimum absolute atomic E-state index is 0.0811. The van der Waals surface area contributed by atoms with E-state index < -0.39 is 23.3 Å². The summed E-state index contributed by atoms with van der Waals surface area (Å²) in [6.07, 6.45) is -3.18. The third-order valence-electron chi connectivity index (χ3n) is 1.76. The van der Waals surface area contributed by atoms with Gasteiger partial charge in [0.2, 0.25) is 0 Å². The Labute approximate surface area is 88.1 Å². The van der Waals surface area contributed by atoms with Gasteiger partial charge in [0.25, 0.3) is 0 Å². The smallest absolute Gasteiger partial charge is 0.418 e. The zero-order valence-corrected chi connectivity index (χ0v) is 8.45. The quantitative estimate of drug-likeness (QED) is 0.801. The molecule has 0 atom stereocenters. The van der Waals surface area contributed by atoms with Gasteiger partial charge in [-0.15, -0.1) is 11.8 Å². The van der Waals surface area contributed by atoms with E-state index in [4.69, 9.17) is 5.11 Å². The summed E-state index contributed by atoms with van der Waals surface area (Å²) >= 11 is 0.871. The molecule has 82 valence electrons. The van der Waals surface area contributed by atoms with Crippen LogP contribution in [0.3, 0.4) is 0 Å². The van der Waals surface area contributed by atoms with E-state index in [2.05, 4.69) is 0 Å². The van der Waals surface area contributed by atoms with Crippen LogP contribution in [0.15, 0.2) is 23.1 Å². The van der Waals surface area contributed by atoms with E-state index in [0.717, 1.165) is 17.8 Å². The number of alkyl halides is 3. The first-order valence-corrected chi connectivity index (χ1v) is 5.08. The molecule has 0 bridgehead atoms. The predicted octanol–water partition coefficient (Wildman–Crippen LogP) is 3.13. The molecule has 1 aromatic rings. The number of thioether (sulfide) groups is 1. The Hall–Kier alpha value is -1.17. The van der Waals surface area contributed by atoms with Crippen molar-refractivity contribution in [2.75, 3.05) is 6.26 Å². The summed E-state index contributed by atoms with van der Waals surface area (Å²) in [7, 11) is 0. The van der Waals surface area contributed by atoms with Crippen molar-refractivity contribution in [3.05, 3.63) is 29.3 Å². The Morgan fingerprint density at radius 2 is 2.00 bits per heavy atom. The SMILES string of the molecule is CSc1cccc(C(=O)O)c1C(F)(F)F. The number of halogens is 3. The van der Waals surface area contributed by atoms with E-state index in [1.54, 1.807) is 0 Å². The summed E-state index contributed by atoms with van der Waals surface area (Å²) in [5, 5.41) is 8.64. The first-order chi connectivity index (χ1) is 6.88. The Morgan fingerprint density at radius 3 is 2.40 bits per heavy atom. The van der Waals surface area contributed by atoms with Gasteiger partial charge in [-0.05, 0) is 18.4 Å². The van der Waals surface area contributed by atoms with Gasteiger partial charge < -0.3 is 5.11 Å². The van der Waals surface area contributed by atoms with Gasteiger partial charge in [0.05, 0.1) is 11.1 Å². The summed E-state index contributed by atoms with van der Waals surface area (Å²) in [5.41, 5.74) is -1.79. The van der Waals surface area contributed by atoms with E-state index in [0.29, 0.717) is 0 Å². The van der Waals surface area contributed by atoms with Crippen LogP contribution in [0.1, 0.15) is 15.9 Å². The van der Waals surface area contributed by atoms with Crippen LogP contribution < -0.4 is 0 Å². The van der Waals surface area contributed by atoms with Crippen LogP contribution in [0.25, 0.3) is 0 Å². The largest absolute Gasteiger partial charge is 0.478 e. The third-order valence-corrected chi connectivity index (χ3v) is 2.54. The van der Waals surface area contributed by atoms with Gasteiger partial charge >= 0.3 is 12.1 Å². The fraction of sp³-hybridized carbons (Fsp3) is 0.222. The van der Waals surface area contributed by atoms with Gasteiger partial charge in [-0.1, -0.05) is 6.07 Å². The maximum atomic E-state index is 12.6. The number of benzene rings is 1. The van der Waals surface area contributed by atoms with E-state index in [1.807, 2.05) is 0 Å². The van der Waals surface area contributed by atoms with Crippen molar-refractivity contribution in [3.63, 3.8) is 0 Å². The number of hydrogen-bond acceptors (Lipinski definition) is 2. The van der Waals surface area contributed by atoms with Crippen LogP contribution in [0.4, 0.5) is 13.2 Å². The van der Waals surface area contributed by atoms with Crippen LogP contribution >= 0.6 is 11.8 Å². The minimum Gasteiger partial charge on any atom is -0.478 e. The van der Waals surface area contributed by atoms with E-state index in [9.17, 15) is 18.0 Å². The van der Waals surface area contributed by atoms with Crippen LogP contribution in [0.5, 0.6) is 0 Å². The summed E-state index contributed by atoms with van der Waals surface area (Å²) in [6.45, 7) is 0. The predicted molar refractivity (Wildman–Crippen MR) is 50.2 cm³/mol. The van der Waals surface area contributed by atoms with Crippen LogP contribution in [0, 0.1) is 0 Å². The standard InChI is InChI=1S/C9H7F3O2S/c1-15-6-4-2-3-5(8(13)14)7(6)9(10,11)12/h2-4H,1H3,(H,13,14). The van der Waals surface area contributed by atoms with E-state index >= 15 is 0 Å². The summed E-state index contributed by atoms with van der Waals surface area (Å²) in [4.78, 5) is 10.5. The fourth-order valence-electron chi connectivity index (χ4n) is 1.17. The Morgan fingerprint density at radius 1 is 1.40 bits per heavy atom. The van der Waals surface area contributed by atoms with Crippen molar-refractivity contribution in [2.24, 2.45) is 0 Å². The molecule has 0 aliphatic carbocycles. The van der Waals surface area contributed by atoms with Crippen molar-refractivity contribution in [1.29, 1.82) is 0 Å². The van der Waals surface area contributed by atoms with Gasteiger partial charge in [-0.2, -0.15) is 13.2 Å². The molecule has 1 aromatic carbocycles. The number of carboxylic acid groups (broad SMARTS) is 1. The lowest BCUT2D eigenvalue weighted by atomic mass is 10.1. The zero-order valence-electron chi connectivity index (χ0n) is 7.63. The molecule has 0 radical (unpaired) electrons. The highest BCUT2D eigenvalue weighted by Crippen LogP contribution is 2.38. The normalized spacial score (nSPS) is 11.5. The lowest BCUT2D eigenvalue weighted by molar-refractivity contribution is -0.140. The van der Waals surface area contributed by atoms with Gasteiger partial charge in [-0.3, -0.25) is 0 Å². The second kappa shape index (κ2) is 4.14. The van der Waals surface area contributed by atoms with Crippen LogP contribution in [-0.4, -0.2) is 17.3 Å². The van der Waals surface area contributed by atoms with E-state index in [1.165, 1.54) is 18.4 Å². The first kappa shape index (κ1) is 11.9. The molecule has 0 unspecified atom stereocenters. The van der Waals surface area contributed by atoms with Gasteiger partial charge in [-0.25, -0.2) is 4.79 Å². The number of rotatable bonds is 2. The van der Waals surface area contributed by atoms with Crippen molar-refractivity contribution in [2.45, 2.75) is 11.1 Å². The van der Waals surface area contributed by atoms with Gasteiger partial charge in [0.1, 0.15) is 0 Å². The topological polar surface area (TPSA) is 37.3 Å². The molecule has 0 heterocycles. The summed E-state index contributed by atoms with van der Waals surface area (Å²) in [6, 6.07) is 3.50. The van der Waals surface area contributed by atoms with Crippen LogP contribution in [-0.2, 0) is 6.18 Å². The number of aromatic carboxylic acids is 1. The molecule has 0 saturated carbocycles. The zero-order chi connectivity index (χ0) is 11.6. The molecule has 15 heavy (non-hydrogen) atoms. The molecule has 0 fully saturated rings. The number of carbonyl (C=O) groups is 1. The number of carboxylic acids is 1. The molecule has 0 aliphatic rings.